The van der Waals surface area contributed by atoms with Gasteiger partial charge in [-0.25, -0.2) is 4.79 Å². The average Bonchev–Trinajstić information content (AvgIpc) is 2.55. The van der Waals surface area contributed by atoms with Gasteiger partial charge in [-0.15, -0.1) is 0 Å². The number of hydrogen-bond acceptors (Lipinski definition) is 4. The van der Waals surface area contributed by atoms with Gasteiger partial charge in [-0.2, -0.15) is 0 Å². The number of nitrogens with zero attached hydrogens (tertiary/aromatic N) is 1. The van der Waals surface area contributed by atoms with E-state index in [9.17, 15) is 4.79 Å². The minimum absolute atomic E-state index is 0.226. The average molecular weight is 311 g/mol. The fraction of sp³-hybridized carbons (Fsp3) is 0.316. The smallest absolute Gasteiger partial charge is 0.331 e. The Morgan fingerprint density at radius 2 is 1.48 bits per heavy atom. The van der Waals surface area contributed by atoms with Gasteiger partial charge in [-0.3, -0.25) is 4.90 Å². The minimum Gasteiger partial charge on any atom is -0.467 e. The first-order chi connectivity index (χ1) is 11.2. The second-order valence-corrected chi connectivity index (χ2v) is 5.84. The van der Waals surface area contributed by atoms with Gasteiger partial charge in [0.2, 0.25) is 0 Å². The Labute approximate surface area is 136 Å². The molecular weight excluding hydrogens is 290 g/mol. The predicted molar refractivity (Wildman–Crippen MR) is 87.7 cm³/mol. The summed E-state index contributed by atoms with van der Waals surface area (Å²) in [5.74, 6) is -0.226. The maximum Gasteiger partial charge on any atom is 0.331 e. The highest BCUT2D eigenvalue weighted by Gasteiger charge is 2.51. The number of carbonyl (C=O) groups is 1. The van der Waals surface area contributed by atoms with Crippen LogP contribution in [0.2, 0.25) is 0 Å². The van der Waals surface area contributed by atoms with E-state index in [2.05, 4.69) is 29.2 Å². The van der Waals surface area contributed by atoms with Crippen LogP contribution in [0.25, 0.3) is 0 Å². The second kappa shape index (κ2) is 6.94. The molecule has 0 saturated carbocycles. The molecule has 0 aromatic heterocycles. The van der Waals surface area contributed by atoms with Crippen molar-refractivity contribution in [1.29, 1.82) is 0 Å². The molecule has 0 amide bonds. The molecule has 0 aliphatic carbocycles. The largest absolute Gasteiger partial charge is 0.467 e. The standard InChI is InChI=1S/C19H21NO3/c1-22-18(21)19(14-23-15-19)20(12-16-8-4-2-5-9-16)13-17-10-6-3-7-11-17/h2-11H,12-15H2,1H3. The lowest BCUT2D eigenvalue weighted by Crippen LogP contribution is -2.66. The highest BCUT2D eigenvalue weighted by molar-refractivity contribution is 5.82. The molecule has 1 fully saturated rings. The number of hydrogen-bond donors (Lipinski definition) is 0. The third-order valence-corrected chi connectivity index (χ3v) is 4.28. The van der Waals surface area contributed by atoms with Crippen LogP contribution in [0.15, 0.2) is 60.7 Å². The molecule has 0 atom stereocenters. The highest BCUT2D eigenvalue weighted by Crippen LogP contribution is 2.30. The first-order valence-electron chi connectivity index (χ1n) is 7.74. The quantitative estimate of drug-likeness (QED) is 0.769. The van der Waals surface area contributed by atoms with E-state index >= 15 is 0 Å². The molecule has 0 bridgehead atoms. The van der Waals surface area contributed by atoms with Crippen molar-refractivity contribution in [2.45, 2.75) is 18.6 Å². The first kappa shape index (κ1) is 15.7. The van der Waals surface area contributed by atoms with Gasteiger partial charge >= 0.3 is 5.97 Å². The van der Waals surface area contributed by atoms with Crippen LogP contribution in [-0.2, 0) is 27.4 Å². The third kappa shape index (κ3) is 3.28. The van der Waals surface area contributed by atoms with Gasteiger partial charge in [0.1, 0.15) is 0 Å². The summed E-state index contributed by atoms with van der Waals surface area (Å²) in [6.45, 7) is 2.10. The molecule has 1 saturated heterocycles. The fourth-order valence-electron chi connectivity index (χ4n) is 2.88. The summed E-state index contributed by atoms with van der Waals surface area (Å²) in [6.07, 6.45) is 0. The molecule has 0 radical (unpaired) electrons. The van der Waals surface area contributed by atoms with Crippen molar-refractivity contribution in [3.63, 3.8) is 0 Å². The summed E-state index contributed by atoms with van der Waals surface area (Å²) < 4.78 is 10.4. The Morgan fingerprint density at radius 1 is 1.00 bits per heavy atom. The fourth-order valence-corrected chi connectivity index (χ4v) is 2.88. The lowest BCUT2D eigenvalue weighted by molar-refractivity contribution is -0.193. The molecule has 0 N–H and O–H groups in total. The Hall–Kier alpha value is -2.17. The SMILES string of the molecule is COC(=O)C1(N(Cc2ccccc2)Cc2ccccc2)COC1. The van der Waals surface area contributed by atoms with E-state index in [-0.39, 0.29) is 5.97 Å². The molecule has 0 spiro atoms. The van der Waals surface area contributed by atoms with Gasteiger partial charge in [0.15, 0.2) is 5.54 Å². The normalized spacial score (nSPS) is 15.9. The number of esters is 1. The van der Waals surface area contributed by atoms with Crippen LogP contribution < -0.4 is 0 Å². The van der Waals surface area contributed by atoms with E-state index in [1.54, 1.807) is 0 Å². The Morgan fingerprint density at radius 3 is 1.83 bits per heavy atom. The van der Waals surface area contributed by atoms with E-state index in [0.717, 1.165) is 0 Å². The predicted octanol–water partition coefficient (Wildman–Crippen LogP) is 2.63. The second-order valence-electron chi connectivity index (χ2n) is 5.84. The molecule has 23 heavy (non-hydrogen) atoms. The van der Waals surface area contributed by atoms with Crippen molar-refractivity contribution in [2.24, 2.45) is 0 Å². The minimum atomic E-state index is -0.694. The van der Waals surface area contributed by atoms with E-state index in [1.165, 1.54) is 18.2 Å². The van der Waals surface area contributed by atoms with Crippen molar-refractivity contribution in [3.05, 3.63) is 71.8 Å². The molecule has 4 heteroatoms. The number of ether oxygens (including phenoxy) is 2. The van der Waals surface area contributed by atoms with Gasteiger partial charge < -0.3 is 9.47 Å². The van der Waals surface area contributed by atoms with Gasteiger partial charge in [0.25, 0.3) is 0 Å². The molecule has 120 valence electrons. The summed E-state index contributed by atoms with van der Waals surface area (Å²) in [6, 6.07) is 20.3. The van der Waals surface area contributed by atoms with Crippen LogP contribution in [0.5, 0.6) is 0 Å². The van der Waals surface area contributed by atoms with Gasteiger partial charge in [0, 0.05) is 13.1 Å². The van der Waals surface area contributed by atoms with Gasteiger partial charge in [-0.05, 0) is 11.1 Å². The van der Waals surface area contributed by atoms with E-state index in [1.807, 2.05) is 36.4 Å². The zero-order valence-electron chi connectivity index (χ0n) is 13.3. The van der Waals surface area contributed by atoms with Gasteiger partial charge in [0.05, 0.1) is 20.3 Å². The molecule has 0 unspecified atom stereocenters. The summed E-state index contributed by atoms with van der Waals surface area (Å²) in [5.41, 5.74) is 1.64. The van der Waals surface area contributed by atoms with Crippen molar-refractivity contribution < 1.29 is 14.3 Å². The third-order valence-electron chi connectivity index (χ3n) is 4.28. The zero-order valence-corrected chi connectivity index (χ0v) is 13.3. The lowest BCUT2D eigenvalue weighted by atomic mass is 9.93. The van der Waals surface area contributed by atoms with Crippen LogP contribution in [0, 0.1) is 0 Å². The number of carbonyl (C=O) groups excluding carboxylic acids is 1. The maximum atomic E-state index is 12.4. The van der Waals surface area contributed by atoms with E-state index < -0.39 is 5.54 Å². The molecule has 1 aliphatic rings. The molecule has 1 aliphatic heterocycles. The summed E-state index contributed by atoms with van der Waals surface area (Å²) in [4.78, 5) is 14.6. The van der Waals surface area contributed by atoms with Crippen LogP contribution in [0.4, 0.5) is 0 Å². The van der Waals surface area contributed by atoms with Crippen LogP contribution in [0.3, 0.4) is 0 Å². The summed E-state index contributed by atoms with van der Waals surface area (Å²) in [5, 5.41) is 0. The molecule has 2 aromatic rings. The first-order valence-corrected chi connectivity index (χ1v) is 7.74. The van der Waals surface area contributed by atoms with Crippen molar-refractivity contribution in [2.75, 3.05) is 20.3 Å². The Kier molecular flexibility index (Phi) is 4.74. The molecule has 3 rings (SSSR count). The number of methoxy groups -OCH3 is 1. The van der Waals surface area contributed by atoms with Crippen molar-refractivity contribution in [1.82, 2.24) is 4.90 Å². The maximum absolute atomic E-state index is 12.4. The molecule has 2 aromatic carbocycles. The lowest BCUT2D eigenvalue weighted by Gasteiger charge is -2.47. The molecular formula is C19H21NO3. The van der Waals surface area contributed by atoms with Crippen molar-refractivity contribution in [3.8, 4) is 0 Å². The van der Waals surface area contributed by atoms with Crippen LogP contribution in [-0.4, -0.2) is 36.7 Å². The monoisotopic (exact) mass is 311 g/mol. The number of rotatable bonds is 6. The van der Waals surface area contributed by atoms with E-state index in [4.69, 9.17) is 9.47 Å². The molecule has 4 nitrogen and oxygen atoms in total. The number of benzene rings is 2. The summed E-state index contributed by atoms with van der Waals surface area (Å²) in [7, 11) is 1.44. The summed E-state index contributed by atoms with van der Waals surface area (Å²) >= 11 is 0. The topological polar surface area (TPSA) is 38.8 Å². The Bertz CT molecular complexity index is 597. The van der Waals surface area contributed by atoms with Crippen molar-refractivity contribution >= 4 is 5.97 Å². The highest BCUT2D eigenvalue weighted by atomic mass is 16.6. The zero-order chi connectivity index (χ0) is 16.1. The Balaban J connectivity index is 1.88. The van der Waals surface area contributed by atoms with Gasteiger partial charge in [-0.1, -0.05) is 60.7 Å². The van der Waals surface area contributed by atoms with Crippen LogP contribution in [0.1, 0.15) is 11.1 Å². The van der Waals surface area contributed by atoms with Crippen LogP contribution >= 0.6 is 0 Å². The van der Waals surface area contributed by atoms with E-state index in [0.29, 0.717) is 26.3 Å². The molecule has 1 heterocycles.